The van der Waals surface area contributed by atoms with Crippen LogP contribution in [0, 0.1) is 0 Å². The van der Waals surface area contributed by atoms with E-state index in [-0.39, 0.29) is 11.9 Å². The van der Waals surface area contributed by atoms with Gasteiger partial charge in [0.15, 0.2) is 0 Å². The third-order valence-electron chi connectivity index (χ3n) is 3.32. The lowest BCUT2D eigenvalue weighted by atomic mass is 10.2. The van der Waals surface area contributed by atoms with E-state index in [4.69, 9.17) is 5.73 Å². The molecule has 6 nitrogen and oxygen atoms in total. The maximum Gasteiger partial charge on any atom is 0.265 e. The first kappa shape index (κ1) is 15.1. The Morgan fingerprint density at radius 2 is 1.91 bits per heavy atom. The summed E-state index contributed by atoms with van der Waals surface area (Å²) in [6.45, 7) is 1.87. The number of anilines is 1. The minimum Gasteiger partial charge on any atom is -0.396 e. The zero-order chi connectivity index (χ0) is 16.2. The van der Waals surface area contributed by atoms with E-state index in [0.29, 0.717) is 22.0 Å². The molecule has 0 aromatic carbocycles. The first-order valence-corrected chi connectivity index (χ1v) is 7.82. The van der Waals surface area contributed by atoms with Gasteiger partial charge >= 0.3 is 0 Å². The summed E-state index contributed by atoms with van der Waals surface area (Å²) in [6.07, 6.45) is 3.36. The first-order chi connectivity index (χ1) is 11.2. The minimum atomic E-state index is -0.264. The van der Waals surface area contributed by atoms with Gasteiger partial charge in [-0.25, -0.2) is 0 Å². The van der Waals surface area contributed by atoms with Crippen LogP contribution < -0.4 is 11.1 Å². The van der Waals surface area contributed by atoms with Crippen LogP contribution in [0.1, 0.15) is 28.3 Å². The lowest BCUT2D eigenvalue weighted by molar-refractivity contribution is 0.0944. The summed E-state index contributed by atoms with van der Waals surface area (Å²) in [6, 6.07) is 10.8. The topological polar surface area (TPSA) is 93.8 Å². The maximum absolute atomic E-state index is 12.4. The number of rotatable bonds is 4. The van der Waals surface area contributed by atoms with E-state index in [1.54, 1.807) is 12.4 Å². The van der Waals surface area contributed by atoms with Crippen molar-refractivity contribution in [3.63, 3.8) is 0 Å². The molecular formula is C16H15N5OS. The van der Waals surface area contributed by atoms with Crippen molar-refractivity contribution in [3.05, 3.63) is 59.4 Å². The Balaban J connectivity index is 1.80. The number of nitrogens with two attached hydrogens (primary N) is 1. The number of nitrogens with zero attached hydrogens (tertiary/aromatic N) is 3. The molecule has 0 spiro atoms. The molecule has 0 aliphatic carbocycles. The molecule has 0 saturated carbocycles. The maximum atomic E-state index is 12.4. The molecule has 3 aromatic rings. The summed E-state index contributed by atoms with van der Waals surface area (Å²) < 4.78 is 4.26. The third kappa shape index (κ3) is 3.19. The number of carbonyl (C=O) groups excluding carboxylic acids is 1. The summed E-state index contributed by atoms with van der Waals surface area (Å²) in [4.78, 5) is 21.3. The van der Waals surface area contributed by atoms with Crippen LogP contribution in [-0.2, 0) is 0 Å². The molecule has 7 heteroatoms. The highest BCUT2D eigenvalue weighted by Gasteiger charge is 2.21. The number of hydrogen-bond donors (Lipinski definition) is 2. The molecule has 1 unspecified atom stereocenters. The molecule has 23 heavy (non-hydrogen) atoms. The number of aromatic nitrogens is 3. The average molecular weight is 325 g/mol. The van der Waals surface area contributed by atoms with Crippen molar-refractivity contribution in [2.24, 2.45) is 0 Å². The SMILES string of the molecule is CC(NC(=O)c1snc(-c2ccccn2)c1N)c1ccccn1. The number of nitrogen functional groups attached to an aromatic ring is 1. The van der Waals surface area contributed by atoms with Crippen LogP contribution in [0.4, 0.5) is 5.69 Å². The highest BCUT2D eigenvalue weighted by molar-refractivity contribution is 7.09. The zero-order valence-corrected chi connectivity index (χ0v) is 13.2. The van der Waals surface area contributed by atoms with Crippen LogP contribution >= 0.6 is 11.5 Å². The molecule has 3 rings (SSSR count). The number of pyridine rings is 2. The van der Waals surface area contributed by atoms with Crippen LogP contribution in [0.5, 0.6) is 0 Å². The molecule has 3 aromatic heterocycles. The second-order valence-electron chi connectivity index (χ2n) is 4.94. The van der Waals surface area contributed by atoms with E-state index in [2.05, 4.69) is 19.7 Å². The third-order valence-corrected chi connectivity index (χ3v) is 4.18. The summed E-state index contributed by atoms with van der Waals surface area (Å²) in [5, 5.41) is 2.89. The number of amides is 1. The van der Waals surface area contributed by atoms with Gasteiger partial charge in [0, 0.05) is 12.4 Å². The van der Waals surface area contributed by atoms with Crippen LogP contribution in [0.25, 0.3) is 11.4 Å². The number of carbonyl (C=O) groups is 1. The highest BCUT2D eigenvalue weighted by Crippen LogP contribution is 2.29. The molecule has 1 atom stereocenters. The molecule has 1 amide bonds. The molecule has 0 bridgehead atoms. The fourth-order valence-electron chi connectivity index (χ4n) is 2.12. The predicted octanol–water partition coefficient (Wildman–Crippen LogP) is 2.67. The summed E-state index contributed by atoms with van der Waals surface area (Å²) in [7, 11) is 0. The van der Waals surface area contributed by atoms with Crippen molar-refractivity contribution in [2.45, 2.75) is 13.0 Å². The van der Waals surface area contributed by atoms with Crippen LogP contribution in [-0.4, -0.2) is 20.2 Å². The van der Waals surface area contributed by atoms with E-state index in [9.17, 15) is 4.79 Å². The van der Waals surface area contributed by atoms with E-state index in [1.807, 2.05) is 43.3 Å². The second-order valence-corrected chi connectivity index (χ2v) is 5.71. The van der Waals surface area contributed by atoms with Crippen LogP contribution in [0.15, 0.2) is 48.8 Å². The fraction of sp³-hybridized carbons (Fsp3) is 0.125. The van der Waals surface area contributed by atoms with Gasteiger partial charge in [-0.3, -0.25) is 14.8 Å². The second kappa shape index (κ2) is 6.53. The highest BCUT2D eigenvalue weighted by atomic mass is 32.1. The zero-order valence-electron chi connectivity index (χ0n) is 12.4. The molecule has 3 heterocycles. The van der Waals surface area contributed by atoms with Gasteiger partial charge in [0.25, 0.3) is 5.91 Å². The van der Waals surface area contributed by atoms with Gasteiger partial charge in [-0.15, -0.1) is 0 Å². The summed E-state index contributed by atoms with van der Waals surface area (Å²) in [5.74, 6) is -0.264. The Morgan fingerprint density at radius 1 is 1.17 bits per heavy atom. The van der Waals surface area contributed by atoms with Crippen molar-refractivity contribution in [3.8, 4) is 11.4 Å². The Kier molecular flexibility index (Phi) is 4.29. The minimum absolute atomic E-state index is 0.219. The first-order valence-electron chi connectivity index (χ1n) is 7.05. The molecule has 0 aliphatic heterocycles. The average Bonchev–Trinajstić information content (AvgIpc) is 2.98. The van der Waals surface area contributed by atoms with Crippen molar-refractivity contribution in [1.29, 1.82) is 0 Å². The predicted molar refractivity (Wildman–Crippen MR) is 89.9 cm³/mol. The molecule has 0 radical (unpaired) electrons. The van der Waals surface area contributed by atoms with E-state index in [0.717, 1.165) is 17.2 Å². The van der Waals surface area contributed by atoms with Gasteiger partial charge in [-0.2, -0.15) is 4.37 Å². The number of hydrogen-bond acceptors (Lipinski definition) is 6. The van der Waals surface area contributed by atoms with Crippen molar-refractivity contribution >= 4 is 23.1 Å². The Morgan fingerprint density at radius 3 is 2.57 bits per heavy atom. The lowest BCUT2D eigenvalue weighted by Gasteiger charge is -2.12. The van der Waals surface area contributed by atoms with Gasteiger partial charge in [-0.1, -0.05) is 12.1 Å². The van der Waals surface area contributed by atoms with Gasteiger partial charge in [0.2, 0.25) is 0 Å². The Labute approximate surface area is 137 Å². The van der Waals surface area contributed by atoms with Crippen molar-refractivity contribution < 1.29 is 4.79 Å². The molecular weight excluding hydrogens is 310 g/mol. The van der Waals surface area contributed by atoms with Gasteiger partial charge in [0.05, 0.1) is 23.1 Å². The standard InChI is InChI=1S/C16H15N5OS/c1-10(11-6-2-4-8-18-11)20-16(22)15-13(17)14(21-23-15)12-7-3-5-9-19-12/h2-10H,17H2,1H3,(H,20,22). The fourth-order valence-corrected chi connectivity index (χ4v) is 2.83. The van der Waals surface area contributed by atoms with Crippen molar-refractivity contribution in [2.75, 3.05) is 5.73 Å². The Bertz CT molecular complexity index is 804. The monoisotopic (exact) mass is 325 g/mol. The van der Waals surface area contributed by atoms with Gasteiger partial charge in [-0.05, 0) is 42.7 Å². The summed E-state index contributed by atoms with van der Waals surface area (Å²) in [5.41, 5.74) is 8.40. The number of nitrogens with one attached hydrogen (secondary N) is 1. The normalized spacial score (nSPS) is 11.9. The molecule has 0 fully saturated rings. The van der Waals surface area contributed by atoms with Crippen molar-refractivity contribution in [1.82, 2.24) is 19.7 Å². The molecule has 0 aliphatic rings. The summed E-state index contributed by atoms with van der Waals surface area (Å²) >= 11 is 1.07. The van der Waals surface area contributed by atoms with Crippen LogP contribution in [0.3, 0.4) is 0 Å². The molecule has 3 N–H and O–H groups in total. The van der Waals surface area contributed by atoms with E-state index < -0.39 is 0 Å². The van der Waals surface area contributed by atoms with Gasteiger partial charge in [0.1, 0.15) is 10.6 Å². The largest absolute Gasteiger partial charge is 0.396 e. The van der Waals surface area contributed by atoms with E-state index >= 15 is 0 Å². The Hall–Kier alpha value is -2.80. The smallest absolute Gasteiger partial charge is 0.265 e. The quantitative estimate of drug-likeness (QED) is 0.769. The molecule has 116 valence electrons. The lowest BCUT2D eigenvalue weighted by Crippen LogP contribution is -2.27. The van der Waals surface area contributed by atoms with Crippen LogP contribution in [0.2, 0.25) is 0 Å². The van der Waals surface area contributed by atoms with E-state index in [1.165, 1.54) is 0 Å². The van der Waals surface area contributed by atoms with Gasteiger partial charge < -0.3 is 11.1 Å². The molecule has 0 saturated heterocycles.